The average molecular weight is 385 g/mol. The molecular formula is C20H27N5O3. The third-order valence-electron chi connectivity index (χ3n) is 4.81. The molecule has 0 unspecified atom stereocenters. The van der Waals surface area contributed by atoms with E-state index < -0.39 is 0 Å². The lowest BCUT2D eigenvalue weighted by atomic mass is 10.1. The Morgan fingerprint density at radius 3 is 2.61 bits per heavy atom. The topological polar surface area (TPSA) is 98.0 Å². The molecule has 3 rings (SSSR count). The van der Waals surface area contributed by atoms with Crippen molar-refractivity contribution in [3.8, 4) is 0 Å². The largest absolute Gasteiger partial charge is 0.350 e. The van der Waals surface area contributed by atoms with Crippen LogP contribution in [0.5, 0.6) is 0 Å². The predicted octanol–water partition coefficient (Wildman–Crippen LogP) is 1.68. The van der Waals surface area contributed by atoms with Gasteiger partial charge in [-0.1, -0.05) is 32.4 Å². The Bertz CT molecular complexity index is 896. The number of fused-ring (bicyclic) bond motifs is 1. The Hall–Kier alpha value is -2.90. The van der Waals surface area contributed by atoms with Crippen LogP contribution in [0.1, 0.15) is 44.5 Å². The molecule has 0 spiro atoms. The van der Waals surface area contributed by atoms with Gasteiger partial charge in [-0.3, -0.25) is 14.2 Å². The lowest BCUT2D eigenvalue weighted by Crippen LogP contribution is -2.33. The quantitative estimate of drug-likeness (QED) is 0.790. The maximum Gasteiger partial charge on any atom is 0.346 e. The van der Waals surface area contributed by atoms with E-state index in [2.05, 4.69) is 15.7 Å². The minimum absolute atomic E-state index is 0.0371. The van der Waals surface area contributed by atoms with Crippen LogP contribution in [-0.4, -0.2) is 26.2 Å². The van der Waals surface area contributed by atoms with Crippen molar-refractivity contribution >= 4 is 17.5 Å². The van der Waals surface area contributed by atoms with E-state index in [1.807, 2.05) is 26.0 Å². The SMILES string of the molecule is CC(C)C(=O)Nc1ccc(CNC(=O)Cn2nc3n(c2=O)CCCCC3)cc1. The van der Waals surface area contributed by atoms with E-state index in [-0.39, 0.29) is 30.0 Å². The fourth-order valence-corrected chi connectivity index (χ4v) is 3.11. The second kappa shape index (κ2) is 8.86. The molecule has 0 radical (unpaired) electrons. The fraction of sp³-hybridized carbons (Fsp3) is 0.500. The molecule has 2 amide bonds. The van der Waals surface area contributed by atoms with Crippen LogP contribution in [-0.2, 0) is 35.6 Å². The van der Waals surface area contributed by atoms with Crippen molar-refractivity contribution in [2.75, 3.05) is 5.32 Å². The van der Waals surface area contributed by atoms with Crippen molar-refractivity contribution in [3.05, 3.63) is 46.1 Å². The molecule has 0 bridgehead atoms. The van der Waals surface area contributed by atoms with Gasteiger partial charge < -0.3 is 10.6 Å². The first-order valence-electron chi connectivity index (χ1n) is 9.77. The summed E-state index contributed by atoms with van der Waals surface area (Å²) >= 11 is 0. The highest BCUT2D eigenvalue weighted by Gasteiger charge is 2.17. The summed E-state index contributed by atoms with van der Waals surface area (Å²) in [6, 6.07) is 7.31. The number of nitrogens with zero attached hydrogens (tertiary/aromatic N) is 3. The highest BCUT2D eigenvalue weighted by Crippen LogP contribution is 2.11. The van der Waals surface area contributed by atoms with Crippen LogP contribution >= 0.6 is 0 Å². The van der Waals surface area contributed by atoms with Gasteiger partial charge in [-0.25, -0.2) is 9.48 Å². The van der Waals surface area contributed by atoms with E-state index in [0.29, 0.717) is 13.1 Å². The number of anilines is 1. The van der Waals surface area contributed by atoms with Crippen LogP contribution in [0.15, 0.2) is 29.1 Å². The van der Waals surface area contributed by atoms with Gasteiger partial charge in [0.05, 0.1) is 0 Å². The Morgan fingerprint density at radius 1 is 1.14 bits per heavy atom. The number of carbonyl (C=O) groups excluding carboxylic acids is 2. The molecule has 8 nitrogen and oxygen atoms in total. The maximum absolute atomic E-state index is 12.4. The second-order valence-electron chi connectivity index (χ2n) is 7.44. The molecule has 1 aromatic carbocycles. The molecule has 2 N–H and O–H groups in total. The Morgan fingerprint density at radius 2 is 1.89 bits per heavy atom. The summed E-state index contributed by atoms with van der Waals surface area (Å²) in [5.41, 5.74) is 1.42. The summed E-state index contributed by atoms with van der Waals surface area (Å²) in [6.07, 6.45) is 3.88. The smallest absolute Gasteiger partial charge is 0.346 e. The Balaban J connectivity index is 1.53. The first-order valence-corrected chi connectivity index (χ1v) is 9.77. The van der Waals surface area contributed by atoms with Gasteiger partial charge in [0.1, 0.15) is 12.4 Å². The van der Waals surface area contributed by atoms with Gasteiger partial charge in [0.25, 0.3) is 0 Å². The highest BCUT2D eigenvalue weighted by atomic mass is 16.2. The van der Waals surface area contributed by atoms with E-state index in [4.69, 9.17) is 0 Å². The Kier molecular flexibility index (Phi) is 6.28. The summed E-state index contributed by atoms with van der Waals surface area (Å²) < 4.78 is 2.94. The molecule has 0 fully saturated rings. The molecule has 28 heavy (non-hydrogen) atoms. The van der Waals surface area contributed by atoms with Gasteiger partial charge >= 0.3 is 5.69 Å². The maximum atomic E-state index is 12.4. The minimum atomic E-state index is -0.257. The number of rotatable bonds is 6. The van der Waals surface area contributed by atoms with Gasteiger partial charge in [0.2, 0.25) is 11.8 Å². The minimum Gasteiger partial charge on any atom is -0.350 e. The molecule has 1 aliphatic rings. The standard InChI is InChI=1S/C20H27N5O3/c1-14(2)19(27)22-16-9-7-15(8-10-16)12-21-18(26)13-25-20(28)24-11-5-3-4-6-17(24)23-25/h7-10,14H,3-6,11-13H2,1-2H3,(H,21,26)(H,22,27). The second-order valence-corrected chi connectivity index (χ2v) is 7.44. The lowest BCUT2D eigenvalue weighted by Gasteiger charge is -2.09. The molecule has 0 aliphatic carbocycles. The van der Waals surface area contributed by atoms with Gasteiger partial charge in [-0.05, 0) is 30.5 Å². The van der Waals surface area contributed by atoms with Gasteiger partial charge in [0.15, 0.2) is 0 Å². The van der Waals surface area contributed by atoms with Crippen LogP contribution in [0.3, 0.4) is 0 Å². The van der Waals surface area contributed by atoms with Gasteiger partial charge in [0, 0.05) is 31.1 Å². The molecule has 1 aliphatic heterocycles. The summed E-state index contributed by atoms with van der Waals surface area (Å²) in [6.45, 7) is 4.61. The third kappa shape index (κ3) is 4.88. The van der Waals surface area contributed by atoms with Crippen LogP contribution in [0.2, 0.25) is 0 Å². The predicted molar refractivity (Wildman–Crippen MR) is 106 cm³/mol. The van der Waals surface area contributed by atoms with E-state index in [9.17, 15) is 14.4 Å². The van der Waals surface area contributed by atoms with Gasteiger partial charge in [-0.2, -0.15) is 5.10 Å². The molecule has 0 atom stereocenters. The average Bonchev–Trinajstić information content (AvgIpc) is 2.84. The fourth-order valence-electron chi connectivity index (χ4n) is 3.11. The van der Waals surface area contributed by atoms with Crippen molar-refractivity contribution in [1.29, 1.82) is 0 Å². The lowest BCUT2D eigenvalue weighted by molar-refractivity contribution is -0.122. The van der Waals surface area contributed by atoms with Crippen molar-refractivity contribution in [3.63, 3.8) is 0 Å². The zero-order valence-corrected chi connectivity index (χ0v) is 16.4. The van der Waals surface area contributed by atoms with Crippen LogP contribution in [0.25, 0.3) is 0 Å². The summed E-state index contributed by atoms with van der Waals surface area (Å²) in [5, 5.41) is 9.96. The number of aromatic nitrogens is 3. The number of nitrogens with one attached hydrogen (secondary N) is 2. The number of hydrogen-bond acceptors (Lipinski definition) is 4. The summed E-state index contributed by atoms with van der Waals surface area (Å²) in [4.78, 5) is 36.3. The molecule has 8 heteroatoms. The van der Waals surface area contributed by atoms with E-state index >= 15 is 0 Å². The zero-order chi connectivity index (χ0) is 20.1. The van der Waals surface area contributed by atoms with Crippen molar-refractivity contribution in [2.24, 2.45) is 5.92 Å². The number of aryl methyl sites for hydroxylation is 1. The van der Waals surface area contributed by atoms with E-state index in [0.717, 1.165) is 42.8 Å². The van der Waals surface area contributed by atoms with Crippen LogP contribution in [0.4, 0.5) is 5.69 Å². The first kappa shape index (κ1) is 19.9. The Labute approximate surface area is 163 Å². The molecule has 0 saturated carbocycles. The molecule has 1 aromatic heterocycles. The van der Waals surface area contributed by atoms with E-state index in [1.165, 1.54) is 4.68 Å². The third-order valence-corrected chi connectivity index (χ3v) is 4.81. The molecule has 150 valence electrons. The monoisotopic (exact) mass is 385 g/mol. The highest BCUT2D eigenvalue weighted by molar-refractivity contribution is 5.92. The number of carbonyl (C=O) groups is 2. The number of hydrogen-bond donors (Lipinski definition) is 2. The molecular weight excluding hydrogens is 358 g/mol. The zero-order valence-electron chi connectivity index (χ0n) is 16.4. The molecule has 2 aromatic rings. The number of amides is 2. The van der Waals surface area contributed by atoms with Crippen LogP contribution in [0, 0.1) is 5.92 Å². The van der Waals surface area contributed by atoms with Crippen molar-refractivity contribution < 1.29 is 9.59 Å². The summed E-state index contributed by atoms with van der Waals surface area (Å²) in [7, 11) is 0. The van der Waals surface area contributed by atoms with Crippen LogP contribution < -0.4 is 16.3 Å². The van der Waals surface area contributed by atoms with Crippen molar-refractivity contribution in [2.45, 2.75) is 59.2 Å². The molecule has 0 saturated heterocycles. The normalized spacial score (nSPS) is 13.7. The van der Waals surface area contributed by atoms with Gasteiger partial charge in [-0.15, -0.1) is 0 Å². The first-order chi connectivity index (χ1) is 13.4. The van der Waals surface area contributed by atoms with E-state index in [1.54, 1.807) is 16.7 Å². The molecule has 2 heterocycles. The number of benzene rings is 1. The summed E-state index contributed by atoms with van der Waals surface area (Å²) in [5.74, 6) is 0.396. The van der Waals surface area contributed by atoms with Crippen molar-refractivity contribution in [1.82, 2.24) is 19.7 Å².